The third kappa shape index (κ3) is 3.09. The van der Waals surface area contributed by atoms with Gasteiger partial charge in [-0.15, -0.1) is 0 Å². The van der Waals surface area contributed by atoms with Crippen LogP contribution in [0.2, 0.25) is 0 Å². The molecule has 0 radical (unpaired) electrons. The molecule has 1 saturated heterocycles. The largest absolute Gasteiger partial charge is 0.395 e. The Morgan fingerprint density at radius 1 is 1.42 bits per heavy atom. The Kier molecular flexibility index (Phi) is 4.58. The number of ether oxygens (including phenoxy) is 1. The lowest BCUT2D eigenvalue weighted by atomic mass is 10.1. The maximum absolute atomic E-state index is 8.76. The summed E-state index contributed by atoms with van der Waals surface area (Å²) >= 11 is 0. The molecule has 0 amide bonds. The van der Waals surface area contributed by atoms with Crippen molar-refractivity contribution in [2.24, 2.45) is 0 Å². The Balaban J connectivity index is 2.27. The molecule has 3 heteroatoms. The molecule has 1 rings (SSSR count). The molecule has 1 aliphatic rings. The molecular formula is C9H19NO2. The molecule has 0 aromatic carbocycles. The molecule has 3 nitrogen and oxygen atoms in total. The van der Waals surface area contributed by atoms with E-state index in [0.29, 0.717) is 6.04 Å². The molecule has 1 atom stereocenters. The second-order valence-electron chi connectivity index (χ2n) is 3.40. The van der Waals surface area contributed by atoms with Crippen LogP contribution in [-0.2, 0) is 4.74 Å². The summed E-state index contributed by atoms with van der Waals surface area (Å²) < 4.78 is 5.36. The first-order valence-corrected chi connectivity index (χ1v) is 4.73. The van der Waals surface area contributed by atoms with Gasteiger partial charge in [-0.25, -0.2) is 0 Å². The number of aliphatic hydroxyl groups excluding tert-OH is 1. The summed E-state index contributed by atoms with van der Waals surface area (Å²) in [5, 5.41) is 8.76. The number of likely N-dealkylation sites (N-methyl/N-ethyl adjacent to an activating group) is 1. The van der Waals surface area contributed by atoms with Crippen LogP contribution in [0.1, 0.15) is 19.3 Å². The minimum atomic E-state index is 0.258. The van der Waals surface area contributed by atoms with Crippen LogP contribution in [0.5, 0.6) is 0 Å². The second-order valence-corrected chi connectivity index (χ2v) is 3.40. The SMILES string of the molecule is CN(CCO)C1CCCOCC1. The van der Waals surface area contributed by atoms with Crippen LogP contribution in [0.4, 0.5) is 0 Å². The lowest BCUT2D eigenvalue weighted by molar-refractivity contribution is 0.129. The first-order valence-electron chi connectivity index (χ1n) is 4.73. The zero-order valence-corrected chi connectivity index (χ0v) is 7.83. The molecule has 1 fully saturated rings. The minimum absolute atomic E-state index is 0.258. The maximum atomic E-state index is 8.76. The standard InChI is InChI=1S/C9H19NO2/c1-10(5-6-11)9-3-2-7-12-8-4-9/h9,11H,2-8H2,1H3. The van der Waals surface area contributed by atoms with E-state index in [1.807, 2.05) is 0 Å². The van der Waals surface area contributed by atoms with Gasteiger partial charge in [0.25, 0.3) is 0 Å². The van der Waals surface area contributed by atoms with Crippen molar-refractivity contribution in [3.63, 3.8) is 0 Å². The highest BCUT2D eigenvalue weighted by atomic mass is 16.5. The van der Waals surface area contributed by atoms with E-state index in [2.05, 4.69) is 11.9 Å². The Morgan fingerprint density at radius 3 is 3.00 bits per heavy atom. The minimum Gasteiger partial charge on any atom is -0.395 e. The Morgan fingerprint density at radius 2 is 2.25 bits per heavy atom. The second kappa shape index (κ2) is 5.51. The van der Waals surface area contributed by atoms with E-state index in [0.717, 1.165) is 32.6 Å². The molecule has 0 bridgehead atoms. The van der Waals surface area contributed by atoms with Gasteiger partial charge in [0.15, 0.2) is 0 Å². The highest BCUT2D eigenvalue weighted by molar-refractivity contribution is 4.70. The lowest BCUT2D eigenvalue weighted by Gasteiger charge is -2.25. The van der Waals surface area contributed by atoms with E-state index in [-0.39, 0.29) is 6.61 Å². The van der Waals surface area contributed by atoms with Crippen molar-refractivity contribution in [3.8, 4) is 0 Å². The van der Waals surface area contributed by atoms with Crippen LogP contribution >= 0.6 is 0 Å². The van der Waals surface area contributed by atoms with Gasteiger partial charge in [0, 0.05) is 25.8 Å². The van der Waals surface area contributed by atoms with Gasteiger partial charge in [-0.3, -0.25) is 0 Å². The molecule has 0 spiro atoms. The first kappa shape index (κ1) is 9.96. The summed E-state index contributed by atoms with van der Waals surface area (Å²) in [7, 11) is 2.08. The van der Waals surface area contributed by atoms with Gasteiger partial charge >= 0.3 is 0 Å². The van der Waals surface area contributed by atoms with E-state index in [4.69, 9.17) is 9.84 Å². The van der Waals surface area contributed by atoms with Crippen LogP contribution in [0.25, 0.3) is 0 Å². The van der Waals surface area contributed by atoms with Gasteiger partial charge < -0.3 is 14.7 Å². The van der Waals surface area contributed by atoms with Gasteiger partial charge in [-0.2, -0.15) is 0 Å². The number of hydrogen-bond acceptors (Lipinski definition) is 3. The number of aliphatic hydroxyl groups is 1. The van der Waals surface area contributed by atoms with Crippen molar-refractivity contribution in [1.82, 2.24) is 4.90 Å². The number of rotatable bonds is 3. The smallest absolute Gasteiger partial charge is 0.0558 e. The van der Waals surface area contributed by atoms with Crippen LogP contribution in [0.15, 0.2) is 0 Å². The molecule has 1 N–H and O–H groups in total. The van der Waals surface area contributed by atoms with Gasteiger partial charge in [-0.05, 0) is 26.3 Å². The molecule has 72 valence electrons. The fraction of sp³-hybridized carbons (Fsp3) is 1.00. The van der Waals surface area contributed by atoms with E-state index < -0.39 is 0 Å². The van der Waals surface area contributed by atoms with Crippen LogP contribution < -0.4 is 0 Å². The summed E-state index contributed by atoms with van der Waals surface area (Å²) in [6.45, 7) is 2.82. The molecule has 12 heavy (non-hydrogen) atoms. The van der Waals surface area contributed by atoms with Crippen molar-refractivity contribution in [2.75, 3.05) is 33.4 Å². The van der Waals surface area contributed by atoms with Crippen molar-refractivity contribution in [3.05, 3.63) is 0 Å². The molecule has 0 saturated carbocycles. The van der Waals surface area contributed by atoms with Crippen molar-refractivity contribution >= 4 is 0 Å². The van der Waals surface area contributed by atoms with Gasteiger partial charge in [0.05, 0.1) is 6.61 Å². The Labute approximate surface area is 74.3 Å². The summed E-state index contributed by atoms with van der Waals surface area (Å²) in [4.78, 5) is 2.23. The highest BCUT2D eigenvalue weighted by Gasteiger charge is 2.15. The average molecular weight is 173 g/mol. The fourth-order valence-corrected chi connectivity index (χ4v) is 1.67. The third-order valence-electron chi connectivity index (χ3n) is 2.50. The molecule has 0 aromatic rings. The van der Waals surface area contributed by atoms with Gasteiger partial charge in [-0.1, -0.05) is 0 Å². The summed E-state index contributed by atoms with van der Waals surface area (Å²) in [6, 6.07) is 0.611. The van der Waals surface area contributed by atoms with Crippen molar-refractivity contribution in [2.45, 2.75) is 25.3 Å². The highest BCUT2D eigenvalue weighted by Crippen LogP contribution is 2.13. The van der Waals surface area contributed by atoms with E-state index >= 15 is 0 Å². The normalized spacial score (nSPS) is 25.8. The number of hydrogen-bond donors (Lipinski definition) is 1. The summed E-state index contributed by atoms with van der Waals surface area (Å²) in [6.07, 6.45) is 3.47. The zero-order chi connectivity index (χ0) is 8.81. The molecule has 0 aliphatic carbocycles. The lowest BCUT2D eigenvalue weighted by Crippen LogP contribution is -2.34. The average Bonchev–Trinajstić information content (AvgIpc) is 2.32. The van der Waals surface area contributed by atoms with Crippen molar-refractivity contribution in [1.29, 1.82) is 0 Å². The third-order valence-corrected chi connectivity index (χ3v) is 2.50. The van der Waals surface area contributed by atoms with Crippen molar-refractivity contribution < 1.29 is 9.84 Å². The van der Waals surface area contributed by atoms with E-state index in [1.165, 1.54) is 6.42 Å². The van der Waals surface area contributed by atoms with Gasteiger partial charge in [0.2, 0.25) is 0 Å². The molecule has 1 unspecified atom stereocenters. The van der Waals surface area contributed by atoms with E-state index in [9.17, 15) is 0 Å². The van der Waals surface area contributed by atoms with Crippen LogP contribution in [-0.4, -0.2) is 49.5 Å². The molecule has 0 aromatic heterocycles. The van der Waals surface area contributed by atoms with Gasteiger partial charge in [0.1, 0.15) is 0 Å². The quantitative estimate of drug-likeness (QED) is 0.674. The maximum Gasteiger partial charge on any atom is 0.0558 e. The predicted molar refractivity (Wildman–Crippen MR) is 48.2 cm³/mol. The Bertz CT molecular complexity index is 111. The monoisotopic (exact) mass is 173 g/mol. The van der Waals surface area contributed by atoms with Crippen LogP contribution in [0, 0.1) is 0 Å². The molecule has 1 aliphatic heterocycles. The topological polar surface area (TPSA) is 32.7 Å². The molecular weight excluding hydrogens is 154 g/mol. The summed E-state index contributed by atoms with van der Waals surface area (Å²) in [5.74, 6) is 0. The van der Waals surface area contributed by atoms with E-state index in [1.54, 1.807) is 0 Å². The predicted octanol–water partition coefficient (Wildman–Crippen LogP) is 0.480. The fourth-order valence-electron chi connectivity index (χ4n) is 1.67. The first-order chi connectivity index (χ1) is 5.84. The summed E-state index contributed by atoms with van der Waals surface area (Å²) in [5.41, 5.74) is 0. The zero-order valence-electron chi connectivity index (χ0n) is 7.83. The Hall–Kier alpha value is -0.120. The van der Waals surface area contributed by atoms with Crippen LogP contribution in [0.3, 0.4) is 0 Å². The molecule has 1 heterocycles. The number of nitrogens with zero attached hydrogens (tertiary/aromatic N) is 1.